The molecule has 0 aliphatic carbocycles. The van der Waals surface area contributed by atoms with Crippen molar-refractivity contribution in [3.05, 3.63) is 72.9 Å². The van der Waals surface area contributed by atoms with Crippen LogP contribution in [0.2, 0.25) is 0 Å². The molecule has 0 aliphatic heterocycles. The van der Waals surface area contributed by atoms with Gasteiger partial charge in [0.15, 0.2) is 6.10 Å². The Kier molecular flexibility index (Phi) is 34.9. The highest BCUT2D eigenvalue weighted by Gasteiger charge is 2.27. The fourth-order valence-electron chi connectivity index (χ4n) is 5.02. The molecular formula is C43H73O12P. The fraction of sp³-hybridized carbons (Fsp3) is 0.674. The standard InChI is InChI=1S/C43H73O12P/c1-4-5-19-27-38(45)29-22-17-18-23-30-39(46)28-21-14-11-12-16-25-32-43(49)55-41(36-54-56(50,51)53-34-40(47)33-44)35-52-42(48)31-24-15-10-8-6-7-9-13-20-26-37(2)3/h5,12,14,16-19,21-23,29-30,37-41,44-47H,4,6-11,13,15,20,24-28,31-36H2,1-3H3,(H,50,51)/b16-12-,18-17-,19-5-,21-14-,29-22+,30-23+/t38-,39+,40-,41+/m0/s1. The van der Waals surface area contributed by atoms with Gasteiger partial charge in [0.2, 0.25) is 0 Å². The maximum absolute atomic E-state index is 12.6. The normalized spacial score (nSPS) is 15.9. The summed E-state index contributed by atoms with van der Waals surface area (Å²) >= 11 is 0. The quantitative estimate of drug-likeness (QED) is 0.0134. The van der Waals surface area contributed by atoms with Gasteiger partial charge < -0.3 is 34.8 Å². The Hall–Kier alpha value is -2.67. The molecule has 0 aliphatic rings. The first-order valence-electron chi connectivity index (χ1n) is 20.5. The van der Waals surface area contributed by atoms with Crippen LogP contribution in [-0.2, 0) is 32.7 Å². The average Bonchev–Trinajstić information content (AvgIpc) is 3.16. The first kappa shape index (κ1) is 53.3. The van der Waals surface area contributed by atoms with E-state index >= 15 is 0 Å². The van der Waals surface area contributed by atoms with Crippen LogP contribution in [0.15, 0.2) is 72.9 Å². The summed E-state index contributed by atoms with van der Waals surface area (Å²) in [5.74, 6) is -0.338. The van der Waals surface area contributed by atoms with Crippen LogP contribution in [0.25, 0.3) is 0 Å². The zero-order chi connectivity index (χ0) is 41.7. The van der Waals surface area contributed by atoms with Crippen LogP contribution >= 0.6 is 7.82 Å². The maximum atomic E-state index is 12.6. The van der Waals surface area contributed by atoms with Crippen molar-refractivity contribution in [2.24, 2.45) is 5.92 Å². The molecule has 0 fully saturated rings. The Balaban J connectivity index is 4.60. The van der Waals surface area contributed by atoms with Crippen LogP contribution < -0.4 is 0 Å². The number of aliphatic hydroxyl groups excluding tert-OH is 4. The molecule has 0 aromatic rings. The molecule has 0 aromatic heterocycles. The number of carbonyl (C=O) groups is 2. The molecule has 5 atom stereocenters. The monoisotopic (exact) mass is 812 g/mol. The summed E-state index contributed by atoms with van der Waals surface area (Å²) in [5.41, 5.74) is 0. The van der Waals surface area contributed by atoms with Gasteiger partial charge in [-0.2, -0.15) is 0 Å². The minimum atomic E-state index is -4.67. The molecule has 0 saturated heterocycles. The Morgan fingerprint density at radius 1 is 0.661 bits per heavy atom. The molecular weight excluding hydrogens is 739 g/mol. The highest BCUT2D eigenvalue weighted by Crippen LogP contribution is 2.43. The van der Waals surface area contributed by atoms with Gasteiger partial charge in [-0.3, -0.25) is 18.6 Å². The van der Waals surface area contributed by atoms with Crippen LogP contribution in [0, 0.1) is 5.92 Å². The van der Waals surface area contributed by atoms with E-state index in [1.54, 1.807) is 42.5 Å². The van der Waals surface area contributed by atoms with Crippen LogP contribution in [-0.4, -0.2) is 88.1 Å². The van der Waals surface area contributed by atoms with Gasteiger partial charge in [-0.25, -0.2) is 4.57 Å². The van der Waals surface area contributed by atoms with Crippen LogP contribution in [0.4, 0.5) is 0 Å². The lowest BCUT2D eigenvalue weighted by molar-refractivity contribution is -0.161. The molecule has 0 bridgehead atoms. The van der Waals surface area contributed by atoms with Gasteiger partial charge in [0, 0.05) is 12.8 Å². The van der Waals surface area contributed by atoms with Crippen molar-refractivity contribution in [2.45, 2.75) is 154 Å². The van der Waals surface area contributed by atoms with Crippen molar-refractivity contribution in [2.75, 3.05) is 26.4 Å². The topological polar surface area (TPSA) is 189 Å². The van der Waals surface area contributed by atoms with Crippen molar-refractivity contribution < 1.29 is 58.0 Å². The number of hydrogen-bond acceptors (Lipinski definition) is 11. The third-order valence-electron chi connectivity index (χ3n) is 8.23. The van der Waals surface area contributed by atoms with Gasteiger partial charge in [0.05, 0.1) is 32.0 Å². The zero-order valence-electron chi connectivity index (χ0n) is 34.2. The molecule has 13 heteroatoms. The summed E-state index contributed by atoms with van der Waals surface area (Å²) in [6.07, 6.45) is 32.5. The lowest BCUT2D eigenvalue weighted by Gasteiger charge is -2.20. The van der Waals surface area contributed by atoms with Crippen LogP contribution in [0.1, 0.15) is 130 Å². The largest absolute Gasteiger partial charge is 0.472 e. The van der Waals surface area contributed by atoms with Crippen molar-refractivity contribution in [1.29, 1.82) is 0 Å². The lowest BCUT2D eigenvalue weighted by atomic mass is 10.0. The summed E-state index contributed by atoms with van der Waals surface area (Å²) in [6.45, 7) is 4.24. The highest BCUT2D eigenvalue weighted by atomic mass is 31.2. The van der Waals surface area contributed by atoms with E-state index in [1.807, 2.05) is 37.3 Å². The Morgan fingerprint density at radius 2 is 1.21 bits per heavy atom. The van der Waals surface area contributed by atoms with E-state index in [2.05, 4.69) is 18.4 Å². The number of esters is 2. The predicted octanol–water partition coefficient (Wildman–Crippen LogP) is 8.29. The Morgan fingerprint density at radius 3 is 1.80 bits per heavy atom. The molecule has 0 spiro atoms. The Labute approximate surface area is 336 Å². The van der Waals surface area contributed by atoms with Gasteiger partial charge >= 0.3 is 19.8 Å². The van der Waals surface area contributed by atoms with E-state index in [-0.39, 0.29) is 19.4 Å². The summed E-state index contributed by atoms with van der Waals surface area (Å²) in [5, 5.41) is 38.2. The number of phosphoric ester groups is 1. The molecule has 0 aromatic carbocycles. The number of rotatable bonds is 36. The molecule has 0 rings (SSSR count). The number of aliphatic hydroxyl groups is 4. The maximum Gasteiger partial charge on any atom is 0.472 e. The van der Waals surface area contributed by atoms with Gasteiger partial charge in [-0.1, -0.05) is 151 Å². The summed E-state index contributed by atoms with van der Waals surface area (Å²) in [7, 11) is -4.67. The number of unbranched alkanes of at least 4 members (excludes halogenated alkanes) is 8. The Bertz CT molecular complexity index is 1210. The number of ether oxygens (including phenoxy) is 2. The van der Waals surface area contributed by atoms with E-state index in [0.29, 0.717) is 32.1 Å². The number of hydrogen-bond donors (Lipinski definition) is 5. The van der Waals surface area contributed by atoms with Crippen LogP contribution in [0.5, 0.6) is 0 Å². The lowest BCUT2D eigenvalue weighted by Crippen LogP contribution is -2.29. The number of phosphoric acid groups is 1. The van der Waals surface area contributed by atoms with E-state index in [4.69, 9.17) is 19.1 Å². The summed E-state index contributed by atoms with van der Waals surface area (Å²) in [6, 6.07) is 0. The second-order valence-electron chi connectivity index (χ2n) is 14.2. The SMILES string of the molecule is CC/C=C\C[C@H](O)/C=C/C=C\C=C\[C@H](O)C/C=C\C/C=C\CCC(=O)O[C@H](COC(=O)CCCCCCCCCCCC(C)C)COP(=O)(O)OC[C@@H](O)CO. The molecule has 322 valence electrons. The average molecular weight is 813 g/mol. The molecule has 0 amide bonds. The van der Waals surface area contributed by atoms with Crippen molar-refractivity contribution in [3.63, 3.8) is 0 Å². The molecule has 0 heterocycles. The zero-order valence-corrected chi connectivity index (χ0v) is 35.1. The minimum Gasteiger partial charge on any atom is -0.462 e. The molecule has 56 heavy (non-hydrogen) atoms. The highest BCUT2D eigenvalue weighted by molar-refractivity contribution is 7.47. The molecule has 0 saturated carbocycles. The van der Waals surface area contributed by atoms with Crippen molar-refractivity contribution in [1.82, 2.24) is 0 Å². The molecule has 5 N–H and O–H groups in total. The second kappa shape index (κ2) is 36.7. The van der Waals surface area contributed by atoms with Crippen LogP contribution in [0.3, 0.4) is 0 Å². The first-order valence-corrected chi connectivity index (χ1v) is 22.0. The van der Waals surface area contributed by atoms with Crippen molar-refractivity contribution >= 4 is 19.8 Å². The summed E-state index contributed by atoms with van der Waals surface area (Å²) in [4.78, 5) is 34.9. The van der Waals surface area contributed by atoms with E-state index in [0.717, 1.165) is 31.6 Å². The molecule has 0 radical (unpaired) electrons. The number of allylic oxidation sites excluding steroid dienone is 8. The predicted molar refractivity (Wildman–Crippen MR) is 222 cm³/mol. The van der Waals surface area contributed by atoms with Gasteiger partial charge in [0.1, 0.15) is 12.7 Å². The molecule has 12 nitrogen and oxygen atoms in total. The van der Waals surface area contributed by atoms with Crippen molar-refractivity contribution in [3.8, 4) is 0 Å². The molecule has 1 unspecified atom stereocenters. The number of carbonyl (C=O) groups excluding carboxylic acids is 2. The van der Waals surface area contributed by atoms with Gasteiger partial charge in [0.25, 0.3) is 0 Å². The first-order chi connectivity index (χ1) is 26.9. The van der Waals surface area contributed by atoms with E-state index in [9.17, 15) is 34.4 Å². The third kappa shape index (κ3) is 36.9. The minimum absolute atomic E-state index is 0.000332. The van der Waals surface area contributed by atoms with Gasteiger partial charge in [-0.15, -0.1) is 0 Å². The second-order valence-corrected chi connectivity index (χ2v) is 15.6. The van der Waals surface area contributed by atoms with Gasteiger partial charge in [-0.05, 0) is 44.4 Å². The fourth-order valence-corrected chi connectivity index (χ4v) is 5.81. The summed E-state index contributed by atoms with van der Waals surface area (Å²) < 4.78 is 32.5. The van der Waals surface area contributed by atoms with E-state index in [1.165, 1.54) is 38.5 Å². The smallest absolute Gasteiger partial charge is 0.462 e. The third-order valence-corrected chi connectivity index (χ3v) is 9.18. The van der Waals surface area contributed by atoms with E-state index < -0.39 is 64.0 Å².